The second kappa shape index (κ2) is 7.57. The zero-order chi connectivity index (χ0) is 20.4. The van der Waals surface area contributed by atoms with E-state index in [1.54, 1.807) is 48.7 Å². The maximum Gasteiger partial charge on any atom is 0.410 e. The Labute approximate surface area is 164 Å². The van der Waals surface area contributed by atoms with E-state index in [1.807, 2.05) is 6.07 Å². The molecule has 1 aliphatic rings. The number of nitrogens with zero attached hydrogens (tertiary/aromatic N) is 3. The molecule has 9 heteroatoms. The smallest absolute Gasteiger partial charge is 0.363 e. The van der Waals surface area contributed by atoms with Crippen LogP contribution in [0.4, 0.5) is 19.0 Å². The van der Waals surface area contributed by atoms with Crippen molar-refractivity contribution in [3.8, 4) is 0 Å². The fraction of sp³-hybridized carbons (Fsp3) is 0.250. The minimum atomic E-state index is -4.49. The Kier molecular flexibility index (Phi) is 4.96. The Balaban J connectivity index is 1.58. The Morgan fingerprint density at radius 2 is 1.93 bits per heavy atom. The first-order valence-corrected chi connectivity index (χ1v) is 9.07. The molecular formula is C20H18F3N5O. The second-order valence-electron chi connectivity index (χ2n) is 6.76. The van der Waals surface area contributed by atoms with Crippen LogP contribution in [0.5, 0.6) is 0 Å². The Bertz CT molecular complexity index is 988. The zero-order valence-corrected chi connectivity index (χ0v) is 15.2. The number of benzene rings is 1. The quantitative estimate of drug-likeness (QED) is 0.696. The van der Waals surface area contributed by atoms with Crippen molar-refractivity contribution in [1.29, 1.82) is 0 Å². The molecule has 0 saturated heterocycles. The van der Waals surface area contributed by atoms with Gasteiger partial charge in [0.1, 0.15) is 5.82 Å². The minimum Gasteiger partial charge on any atom is -0.363 e. The molecule has 6 nitrogen and oxygen atoms in total. The van der Waals surface area contributed by atoms with Crippen LogP contribution in [-0.4, -0.2) is 26.8 Å². The van der Waals surface area contributed by atoms with Crippen molar-refractivity contribution in [2.75, 3.05) is 5.32 Å². The van der Waals surface area contributed by atoms with E-state index in [9.17, 15) is 18.0 Å². The molecular weight excluding hydrogens is 383 g/mol. The van der Waals surface area contributed by atoms with Gasteiger partial charge in [-0.1, -0.05) is 36.4 Å². The molecule has 0 fully saturated rings. The molecule has 3 heterocycles. The number of aromatic nitrogens is 3. The van der Waals surface area contributed by atoms with E-state index in [1.165, 1.54) is 6.07 Å². The number of halogens is 3. The van der Waals surface area contributed by atoms with Gasteiger partial charge in [-0.25, -0.2) is 4.68 Å². The van der Waals surface area contributed by atoms with Gasteiger partial charge in [0.15, 0.2) is 11.7 Å². The standard InChI is InChI=1S/C20H18F3N5O/c21-20(22,23)17-10-15(13-6-2-1-3-7-13)26-18-11-16(27-28(17)18)19(29)25-12-14-8-4-5-9-24-14/h1-9,11,15,17,26H,10,12H2,(H,25,29)/t15-,17-/m0/s1. The van der Waals surface area contributed by atoms with E-state index < -0.39 is 24.2 Å². The first kappa shape index (κ1) is 19.0. The van der Waals surface area contributed by atoms with Crippen LogP contribution >= 0.6 is 0 Å². The summed E-state index contributed by atoms with van der Waals surface area (Å²) in [4.78, 5) is 16.5. The maximum absolute atomic E-state index is 13.7. The van der Waals surface area contributed by atoms with Crippen LogP contribution in [0.3, 0.4) is 0 Å². The van der Waals surface area contributed by atoms with Gasteiger partial charge in [-0.15, -0.1) is 0 Å². The SMILES string of the molecule is O=C(NCc1ccccn1)c1cc2n(n1)[C@H](C(F)(F)F)C[C@@H](c1ccccc1)N2. The molecule has 150 valence electrons. The van der Waals surface area contributed by atoms with Crippen molar-refractivity contribution in [1.82, 2.24) is 20.1 Å². The molecule has 1 aliphatic heterocycles. The molecule has 0 spiro atoms. The predicted octanol–water partition coefficient (Wildman–Crippen LogP) is 3.87. The summed E-state index contributed by atoms with van der Waals surface area (Å²) < 4.78 is 41.9. The molecule has 4 rings (SSSR count). The number of fused-ring (bicyclic) bond motifs is 1. The van der Waals surface area contributed by atoms with Gasteiger partial charge >= 0.3 is 6.18 Å². The van der Waals surface area contributed by atoms with Gasteiger partial charge in [0.05, 0.1) is 18.3 Å². The van der Waals surface area contributed by atoms with Crippen molar-refractivity contribution in [3.63, 3.8) is 0 Å². The maximum atomic E-state index is 13.7. The van der Waals surface area contributed by atoms with Gasteiger partial charge < -0.3 is 10.6 Å². The summed E-state index contributed by atoms with van der Waals surface area (Å²) in [5.74, 6) is -0.396. The van der Waals surface area contributed by atoms with Crippen molar-refractivity contribution in [2.24, 2.45) is 0 Å². The summed E-state index contributed by atoms with van der Waals surface area (Å²) in [6, 6.07) is 13.2. The average Bonchev–Trinajstić information content (AvgIpc) is 3.16. The highest BCUT2D eigenvalue weighted by atomic mass is 19.4. The molecule has 0 saturated carbocycles. The summed E-state index contributed by atoms with van der Waals surface area (Å²) >= 11 is 0. The topological polar surface area (TPSA) is 71.8 Å². The number of alkyl halides is 3. The lowest BCUT2D eigenvalue weighted by Gasteiger charge is -2.33. The minimum absolute atomic E-state index is 0.0774. The number of pyridine rings is 1. The van der Waals surface area contributed by atoms with Gasteiger partial charge in [0.25, 0.3) is 5.91 Å². The fourth-order valence-electron chi connectivity index (χ4n) is 3.35. The molecule has 0 aliphatic carbocycles. The third-order valence-electron chi connectivity index (χ3n) is 4.78. The van der Waals surface area contributed by atoms with Crippen LogP contribution in [-0.2, 0) is 6.54 Å². The highest BCUT2D eigenvalue weighted by molar-refractivity contribution is 5.93. The highest BCUT2D eigenvalue weighted by Crippen LogP contribution is 2.43. The zero-order valence-electron chi connectivity index (χ0n) is 15.2. The van der Waals surface area contributed by atoms with Gasteiger partial charge in [-0.05, 0) is 17.7 Å². The van der Waals surface area contributed by atoms with E-state index in [4.69, 9.17) is 0 Å². The van der Waals surface area contributed by atoms with E-state index in [2.05, 4.69) is 20.7 Å². The number of amides is 1. The third kappa shape index (κ3) is 4.08. The van der Waals surface area contributed by atoms with Crippen LogP contribution in [0.1, 0.15) is 40.3 Å². The summed E-state index contributed by atoms with van der Waals surface area (Å²) in [6.45, 7) is 0.157. The van der Waals surface area contributed by atoms with Crippen LogP contribution in [0, 0.1) is 0 Å². The van der Waals surface area contributed by atoms with Gasteiger partial charge in [0.2, 0.25) is 0 Å². The number of rotatable bonds is 4. The Hall–Kier alpha value is -3.36. The predicted molar refractivity (Wildman–Crippen MR) is 100 cm³/mol. The average molecular weight is 401 g/mol. The monoisotopic (exact) mass is 401 g/mol. The second-order valence-corrected chi connectivity index (χ2v) is 6.76. The molecule has 0 radical (unpaired) electrons. The van der Waals surface area contributed by atoms with Crippen molar-refractivity contribution < 1.29 is 18.0 Å². The van der Waals surface area contributed by atoms with Crippen molar-refractivity contribution in [3.05, 3.63) is 77.7 Å². The summed E-state index contributed by atoms with van der Waals surface area (Å²) in [7, 11) is 0. The lowest BCUT2D eigenvalue weighted by molar-refractivity contribution is -0.173. The summed E-state index contributed by atoms with van der Waals surface area (Å²) in [6.07, 6.45) is -3.10. The van der Waals surface area contributed by atoms with E-state index in [0.717, 1.165) is 10.2 Å². The number of anilines is 1. The van der Waals surface area contributed by atoms with Crippen LogP contribution in [0.25, 0.3) is 0 Å². The largest absolute Gasteiger partial charge is 0.410 e. The number of nitrogens with one attached hydrogen (secondary N) is 2. The lowest BCUT2D eigenvalue weighted by Crippen LogP contribution is -2.35. The van der Waals surface area contributed by atoms with Crippen molar-refractivity contribution in [2.45, 2.75) is 31.2 Å². The molecule has 0 bridgehead atoms. The van der Waals surface area contributed by atoms with Gasteiger partial charge in [-0.3, -0.25) is 9.78 Å². The first-order chi connectivity index (χ1) is 13.9. The molecule has 2 atom stereocenters. The normalized spacial score (nSPS) is 18.6. The van der Waals surface area contributed by atoms with Gasteiger partial charge in [-0.2, -0.15) is 18.3 Å². The first-order valence-electron chi connectivity index (χ1n) is 9.07. The number of hydrogen-bond donors (Lipinski definition) is 2. The molecule has 0 unspecified atom stereocenters. The Morgan fingerprint density at radius 3 is 2.62 bits per heavy atom. The van der Waals surface area contributed by atoms with E-state index in [-0.39, 0.29) is 24.5 Å². The molecule has 1 amide bonds. The van der Waals surface area contributed by atoms with Crippen molar-refractivity contribution >= 4 is 11.7 Å². The lowest BCUT2D eigenvalue weighted by atomic mass is 9.97. The molecule has 3 aromatic rings. The van der Waals surface area contributed by atoms with Gasteiger partial charge in [0, 0.05) is 18.7 Å². The van der Waals surface area contributed by atoms with Crippen LogP contribution in [0.2, 0.25) is 0 Å². The molecule has 2 aromatic heterocycles. The summed E-state index contributed by atoms with van der Waals surface area (Å²) in [5, 5.41) is 9.65. The number of hydrogen-bond acceptors (Lipinski definition) is 4. The molecule has 29 heavy (non-hydrogen) atoms. The third-order valence-corrected chi connectivity index (χ3v) is 4.78. The van der Waals surface area contributed by atoms with Crippen LogP contribution < -0.4 is 10.6 Å². The van der Waals surface area contributed by atoms with E-state index >= 15 is 0 Å². The van der Waals surface area contributed by atoms with Crippen LogP contribution in [0.15, 0.2) is 60.8 Å². The molecule has 1 aromatic carbocycles. The molecule has 2 N–H and O–H groups in total. The van der Waals surface area contributed by atoms with E-state index in [0.29, 0.717) is 5.69 Å². The highest BCUT2D eigenvalue weighted by Gasteiger charge is 2.46. The number of carbonyl (C=O) groups is 1. The fourth-order valence-corrected chi connectivity index (χ4v) is 3.35. The Morgan fingerprint density at radius 1 is 1.17 bits per heavy atom. The number of carbonyl (C=O) groups excluding carboxylic acids is 1. The summed E-state index contributed by atoms with van der Waals surface area (Å²) in [5.41, 5.74) is 1.31.